The Morgan fingerprint density at radius 3 is 1.49 bits per heavy atom. The summed E-state index contributed by atoms with van der Waals surface area (Å²) in [5, 5.41) is 0. The minimum absolute atomic E-state index is 0.0810. The highest BCUT2D eigenvalue weighted by Gasteiger charge is 2.43. The normalized spacial score (nSPS) is 12.7. The van der Waals surface area contributed by atoms with E-state index in [1.54, 1.807) is 0 Å². The lowest BCUT2D eigenvalue weighted by Gasteiger charge is -2.44. The van der Waals surface area contributed by atoms with Crippen LogP contribution in [-0.4, -0.2) is 6.71 Å². The second-order valence-electron chi connectivity index (χ2n) is 10.4. The Kier molecular flexibility index (Phi) is 5.30. The van der Waals surface area contributed by atoms with E-state index in [9.17, 15) is 0 Å². The predicted octanol–water partition coefficient (Wildman–Crippen LogP) is 7.99. The van der Waals surface area contributed by atoms with Crippen LogP contribution in [0.5, 0.6) is 0 Å². The highest BCUT2D eigenvalue weighted by atomic mass is 15.2. The smallest absolute Gasteiger partial charge is 0.252 e. The van der Waals surface area contributed by atoms with Crippen LogP contribution in [0.1, 0.15) is 0 Å². The summed E-state index contributed by atoms with van der Waals surface area (Å²) >= 11 is 0. The van der Waals surface area contributed by atoms with E-state index in [1.807, 2.05) is 18.2 Å². The first-order valence-corrected chi connectivity index (χ1v) is 13.9. The molecule has 0 N–H and O–H groups in total. The first kappa shape index (κ1) is 23.4. The number of hydrogen-bond donors (Lipinski definition) is 0. The van der Waals surface area contributed by atoms with E-state index in [4.69, 9.17) is 6.57 Å². The summed E-state index contributed by atoms with van der Waals surface area (Å²) in [6.45, 7) is 7.99. The van der Waals surface area contributed by atoms with Crippen LogP contribution in [0.15, 0.2) is 146 Å². The third-order valence-electron chi connectivity index (χ3n) is 8.25. The van der Waals surface area contributed by atoms with Gasteiger partial charge in [-0.1, -0.05) is 97.1 Å². The molecule has 2 aliphatic rings. The van der Waals surface area contributed by atoms with Crippen molar-refractivity contribution in [1.82, 2.24) is 0 Å². The molecule has 41 heavy (non-hydrogen) atoms. The van der Waals surface area contributed by atoms with Gasteiger partial charge in [0.05, 0.1) is 6.57 Å². The molecule has 0 unspecified atom stereocenters. The molecule has 0 bridgehead atoms. The molecule has 0 saturated carbocycles. The number of fused-ring (bicyclic) bond motifs is 4. The molecule has 8 rings (SSSR count). The van der Waals surface area contributed by atoms with Crippen molar-refractivity contribution in [2.45, 2.75) is 0 Å². The number of hydrogen-bond acceptors (Lipinski definition) is 2. The molecule has 0 aliphatic carbocycles. The minimum atomic E-state index is 0.0810. The molecule has 6 aromatic carbocycles. The molecule has 2 heterocycles. The van der Waals surface area contributed by atoms with Gasteiger partial charge in [-0.2, -0.15) is 0 Å². The van der Waals surface area contributed by atoms with Crippen molar-refractivity contribution in [2.75, 3.05) is 9.80 Å². The van der Waals surface area contributed by atoms with Crippen molar-refractivity contribution in [3.8, 4) is 11.1 Å². The van der Waals surface area contributed by atoms with Crippen LogP contribution < -0.4 is 26.2 Å². The summed E-state index contributed by atoms with van der Waals surface area (Å²) in [7, 11) is 0. The molecule has 4 heteroatoms. The lowest BCUT2D eigenvalue weighted by atomic mass is 9.33. The molecule has 0 atom stereocenters. The van der Waals surface area contributed by atoms with E-state index < -0.39 is 0 Å². The van der Waals surface area contributed by atoms with Gasteiger partial charge in [0.2, 0.25) is 0 Å². The second kappa shape index (κ2) is 9.29. The van der Waals surface area contributed by atoms with Gasteiger partial charge in [-0.05, 0) is 76.0 Å². The van der Waals surface area contributed by atoms with Gasteiger partial charge in [0.1, 0.15) is 0 Å². The van der Waals surface area contributed by atoms with Crippen molar-refractivity contribution in [1.29, 1.82) is 0 Å². The van der Waals surface area contributed by atoms with Crippen molar-refractivity contribution in [2.24, 2.45) is 0 Å². The quantitative estimate of drug-likeness (QED) is 0.172. The molecule has 0 amide bonds. The molecule has 0 saturated heterocycles. The molecule has 6 aromatic rings. The van der Waals surface area contributed by atoms with Crippen LogP contribution in [0.2, 0.25) is 0 Å². The molecule has 0 aromatic heterocycles. The molecule has 2 aliphatic heterocycles. The standard InChI is InChI=1S/C37H24BN3/c1-39-32-21-11-8-18-29(32)26-24-35-37-36(25-26)41(28-16-6-3-7-17-28)34-23-13-10-20-31(34)38(37)30-19-9-12-22-33(30)40(35)27-14-4-2-5-15-27/h2-25H. The van der Waals surface area contributed by atoms with Gasteiger partial charge < -0.3 is 9.80 Å². The van der Waals surface area contributed by atoms with Crippen LogP contribution in [0.25, 0.3) is 16.0 Å². The van der Waals surface area contributed by atoms with E-state index in [0.29, 0.717) is 5.69 Å². The zero-order chi connectivity index (χ0) is 27.3. The molecule has 0 radical (unpaired) electrons. The maximum atomic E-state index is 7.91. The first-order chi connectivity index (χ1) is 20.3. The van der Waals surface area contributed by atoms with Crippen LogP contribution in [0.3, 0.4) is 0 Å². The Morgan fingerprint density at radius 2 is 0.951 bits per heavy atom. The fourth-order valence-electron chi connectivity index (χ4n) is 6.58. The fourth-order valence-corrected chi connectivity index (χ4v) is 6.58. The van der Waals surface area contributed by atoms with E-state index >= 15 is 0 Å². The summed E-state index contributed by atoms with van der Waals surface area (Å²) in [6, 6.07) is 51.3. The Bertz CT molecular complexity index is 1870. The van der Waals surface area contributed by atoms with Crippen molar-refractivity contribution in [3.63, 3.8) is 0 Å². The van der Waals surface area contributed by atoms with E-state index in [2.05, 4.69) is 142 Å². The van der Waals surface area contributed by atoms with Crippen LogP contribution >= 0.6 is 0 Å². The zero-order valence-electron chi connectivity index (χ0n) is 22.3. The van der Waals surface area contributed by atoms with E-state index in [-0.39, 0.29) is 6.71 Å². The van der Waals surface area contributed by atoms with Crippen molar-refractivity contribution >= 4 is 62.9 Å². The monoisotopic (exact) mass is 521 g/mol. The van der Waals surface area contributed by atoms with E-state index in [1.165, 1.54) is 27.8 Å². The van der Waals surface area contributed by atoms with Gasteiger partial charge in [-0.3, -0.25) is 0 Å². The SMILES string of the molecule is [C-]#[N+]c1ccccc1-c1cc2c3c(c1)N(c1ccccc1)c1ccccc1B3c1ccccc1N2c1ccccc1. The zero-order valence-corrected chi connectivity index (χ0v) is 22.3. The fraction of sp³-hybridized carbons (Fsp3) is 0. The topological polar surface area (TPSA) is 10.8 Å². The van der Waals surface area contributed by atoms with E-state index in [0.717, 1.165) is 33.9 Å². The van der Waals surface area contributed by atoms with Crippen LogP contribution in [0.4, 0.5) is 39.8 Å². The summed E-state index contributed by atoms with van der Waals surface area (Å²) in [5.74, 6) is 0. The summed E-state index contributed by atoms with van der Waals surface area (Å²) in [6.07, 6.45) is 0. The molecule has 190 valence electrons. The number of anilines is 6. The van der Waals surface area contributed by atoms with Gasteiger partial charge >= 0.3 is 0 Å². The first-order valence-electron chi connectivity index (χ1n) is 13.9. The number of nitrogens with zero attached hydrogens (tertiary/aromatic N) is 3. The number of para-hydroxylation sites is 5. The maximum Gasteiger partial charge on any atom is 0.252 e. The average molecular weight is 521 g/mol. The average Bonchev–Trinajstić information content (AvgIpc) is 3.05. The van der Waals surface area contributed by atoms with Gasteiger partial charge in [0.15, 0.2) is 5.69 Å². The van der Waals surface area contributed by atoms with Gasteiger partial charge in [-0.25, -0.2) is 4.85 Å². The predicted molar refractivity (Wildman–Crippen MR) is 172 cm³/mol. The third-order valence-corrected chi connectivity index (χ3v) is 8.25. The minimum Gasteiger partial charge on any atom is -0.311 e. The molecule has 3 nitrogen and oxygen atoms in total. The highest BCUT2D eigenvalue weighted by molar-refractivity contribution is 7.00. The second-order valence-corrected chi connectivity index (χ2v) is 10.4. The molecular formula is C37H24BN3. The van der Waals surface area contributed by atoms with Crippen LogP contribution in [-0.2, 0) is 0 Å². The summed E-state index contributed by atoms with van der Waals surface area (Å²) < 4.78 is 0. The molecule has 0 fully saturated rings. The maximum absolute atomic E-state index is 7.91. The van der Waals surface area contributed by atoms with Gasteiger partial charge in [0.25, 0.3) is 6.71 Å². The lowest BCUT2D eigenvalue weighted by Crippen LogP contribution is -2.61. The Labute approximate surface area is 240 Å². The molecule has 0 spiro atoms. The highest BCUT2D eigenvalue weighted by Crippen LogP contribution is 2.46. The largest absolute Gasteiger partial charge is 0.311 e. The van der Waals surface area contributed by atoms with Crippen LogP contribution in [0, 0.1) is 6.57 Å². The van der Waals surface area contributed by atoms with Crippen molar-refractivity contribution in [3.05, 3.63) is 157 Å². The lowest BCUT2D eigenvalue weighted by molar-refractivity contribution is 1.25. The number of rotatable bonds is 3. The Morgan fingerprint density at radius 1 is 0.488 bits per heavy atom. The van der Waals surface area contributed by atoms with Gasteiger partial charge in [0, 0.05) is 34.1 Å². The summed E-state index contributed by atoms with van der Waals surface area (Å²) in [5.41, 5.74) is 13.4. The van der Waals surface area contributed by atoms with Gasteiger partial charge in [-0.15, -0.1) is 0 Å². The summed E-state index contributed by atoms with van der Waals surface area (Å²) in [4.78, 5) is 8.68. The Hall–Kier alpha value is -5.53. The Balaban J connectivity index is 1.52. The molecular weight excluding hydrogens is 497 g/mol. The van der Waals surface area contributed by atoms with Crippen molar-refractivity contribution < 1.29 is 0 Å². The number of benzene rings is 6. The third kappa shape index (κ3) is 3.53.